The van der Waals surface area contributed by atoms with Crippen LogP contribution >= 0.6 is 15.9 Å². The molecule has 1 aliphatic carbocycles. The Hall–Kier alpha value is -0.580. The Labute approximate surface area is 123 Å². The maximum atomic E-state index is 9.80. The molecule has 0 spiro atoms. The van der Waals surface area contributed by atoms with Gasteiger partial charge in [-0.3, -0.25) is 0 Å². The Kier molecular flexibility index (Phi) is 5.25. The molecule has 0 heterocycles. The van der Waals surface area contributed by atoms with Crippen molar-refractivity contribution in [3.05, 3.63) is 28.2 Å². The van der Waals surface area contributed by atoms with Gasteiger partial charge in [0.05, 0.1) is 12.2 Å². The number of hydrogen-bond acceptors (Lipinski definition) is 3. The topological polar surface area (TPSA) is 38.7 Å². The highest BCUT2D eigenvalue weighted by atomic mass is 79.9. The van der Waals surface area contributed by atoms with Crippen LogP contribution in [0.15, 0.2) is 22.7 Å². The van der Waals surface area contributed by atoms with Crippen molar-refractivity contribution in [2.24, 2.45) is 0 Å². The molecular weight excluding hydrogens is 308 g/mol. The number of aliphatic hydroxyl groups is 1. The molecule has 4 heteroatoms. The van der Waals surface area contributed by atoms with Crippen LogP contribution in [0.3, 0.4) is 0 Å². The number of ether oxygens (including phenoxy) is 2. The van der Waals surface area contributed by atoms with E-state index in [4.69, 9.17) is 9.47 Å². The molecule has 1 saturated carbocycles. The van der Waals surface area contributed by atoms with Crippen LogP contribution in [0.4, 0.5) is 0 Å². The molecule has 0 bridgehead atoms. The van der Waals surface area contributed by atoms with E-state index < -0.39 is 6.10 Å². The summed E-state index contributed by atoms with van der Waals surface area (Å²) >= 11 is 3.45. The van der Waals surface area contributed by atoms with Crippen molar-refractivity contribution in [3.63, 3.8) is 0 Å². The second kappa shape index (κ2) is 6.73. The van der Waals surface area contributed by atoms with Crippen LogP contribution in [-0.4, -0.2) is 24.4 Å². The van der Waals surface area contributed by atoms with Gasteiger partial charge in [0.15, 0.2) is 0 Å². The summed E-state index contributed by atoms with van der Waals surface area (Å²) < 4.78 is 12.5. The van der Waals surface area contributed by atoms with Crippen molar-refractivity contribution in [2.45, 2.75) is 50.9 Å². The van der Waals surface area contributed by atoms with E-state index in [-0.39, 0.29) is 6.10 Å². The molecule has 1 aromatic rings. The minimum absolute atomic E-state index is 0.172. The Morgan fingerprint density at radius 2 is 2.05 bits per heavy atom. The zero-order valence-corrected chi connectivity index (χ0v) is 13.0. The SMILES string of the molecule is COC1CCCC(Oc2cc(Br)ccc2[C@H](C)O)C1. The van der Waals surface area contributed by atoms with Gasteiger partial charge in [0.25, 0.3) is 0 Å². The van der Waals surface area contributed by atoms with Crippen LogP contribution < -0.4 is 4.74 Å². The normalized spacial score (nSPS) is 25.1. The van der Waals surface area contributed by atoms with E-state index in [1.807, 2.05) is 18.2 Å². The molecule has 2 unspecified atom stereocenters. The molecule has 1 N–H and O–H groups in total. The van der Waals surface area contributed by atoms with Crippen LogP contribution in [0.1, 0.15) is 44.3 Å². The zero-order chi connectivity index (χ0) is 13.8. The Balaban J connectivity index is 2.11. The van der Waals surface area contributed by atoms with E-state index in [9.17, 15) is 5.11 Å². The van der Waals surface area contributed by atoms with Gasteiger partial charge in [0.2, 0.25) is 0 Å². The average molecular weight is 329 g/mol. The maximum absolute atomic E-state index is 9.80. The molecule has 0 amide bonds. The molecule has 106 valence electrons. The third-order valence-corrected chi connectivity index (χ3v) is 4.12. The molecule has 3 nitrogen and oxygen atoms in total. The fourth-order valence-electron chi connectivity index (χ4n) is 2.56. The van der Waals surface area contributed by atoms with E-state index in [0.717, 1.165) is 41.5 Å². The van der Waals surface area contributed by atoms with E-state index in [1.54, 1.807) is 14.0 Å². The first-order valence-corrected chi connectivity index (χ1v) is 7.56. The third kappa shape index (κ3) is 3.94. The van der Waals surface area contributed by atoms with Crippen molar-refractivity contribution >= 4 is 15.9 Å². The second-order valence-corrected chi connectivity index (χ2v) is 6.04. The first-order valence-electron chi connectivity index (χ1n) is 6.77. The highest BCUT2D eigenvalue weighted by Gasteiger charge is 2.24. The number of benzene rings is 1. The molecule has 0 radical (unpaired) electrons. The summed E-state index contributed by atoms with van der Waals surface area (Å²) in [5, 5.41) is 9.80. The summed E-state index contributed by atoms with van der Waals surface area (Å²) in [6, 6.07) is 5.76. The number of hydrogen-bond donors (Lipinski definition) is 1. The van der Waals surface area contributed by atoms with Crippen LogP contribution in [0.2, 0.25) is 0 Å². The van der Waals surface area contributed by atoms with Crippen LogP contribution in [0.5, 0.6) is 5.75 Å². The van der Waals surface area contributed by atoms with Crippen molar-refractivity contribution in [1.29, 1.82) is 0 Å². The van der Waals surface area contributed by atoms with Crippen LogP contribution in [0, 0.1) is 0 Å². The summed E-state index contributed by atoms with van der Waals surface area (Å²) in [5.74, 6) is 0.770. The lowest BCUT2D eigenvalue weighted by molar-refractivity contribution is 0.0199. The summed E-state index contributed by atoms with van der Waals surface area (Å²) in [7, 11) is 1.76. The third-order valence-electron chi connectivity index (χ3n) is 3.63. The van der Waals surface area contributed by atoms with Gasteiger partial charge in [0, 0.05) is 23.6 Å². The fourth-order valence-corrected chi connectivity index (χ4v) is 2.90. The molecule has 0 saturated heterocycles. The Morgan fingerprint density at radius 1 is 1.32 bits per heavy atom. The van der Waals surface area contributed by atoms with Gasteiger partial charge in [0.1, 0.15) is 11.9 Å². The highest BCUT2D eigenvalue weighted by molar-refractivity contribution is 9.10. The number of rotatable bonds is 4. The molecule has 1 aliphatic rings. The standard InChI is InChI=1S/C15H21BrO3/c1-10(17)14-7-6-11(16)8-15(14)19-13-5-3-4-12(9-13)18-2/h6-8,10,12-13,17H,3-5,9H2,1-2H3/t10-,12?,13?/m0/s1. The first-order chi connectivity index (χ1) is 9.10. The van der Waals surface area contributed by atoms with Crippen molar-refractivity contribution < 1.29 is 14.6 Å². The van der Waals surface area contributed by atoms with E-state index >= 15 is 0 Å². The molecule has 3 atom stereocenters. The van der Waals surface area contributed by atoms with Crippen molar-refractivity contribution in [2.75, 3.05) is 7.11 Å². The van der Waals surface area contributed by atoms with Gasteiger partial charge in [-0.25, -0.2) is 0 Å². The Bertz CT molecular complexity index is 420. The van der Waals surface area contributed by atoms with E-state index in [0.29, 0.717) is 6.10 Å². The average Bonchev–Trinajstić information content (AvgIpc) is 2.38. The summed E-state index contributed by atoms with van der Waals surface area (Å²) in [4.78, 5) is 0. The van der Waals surface area contributed by atoms with Gasteiger partial charge >= 0.3 is 0 Å². The van der Waals surface area contributed by atoms with Gasteiger partial charge < -0.3 is 14.6 Å². The van der Waals surface area contributed by atoms with Gasteiger partial charge in [-0.05, 0) is 38.3 Å². The number of methoxy groups -OCH3 is 1. The summed E-state index contributed by atoms with van der Waals surface area (Å²) in [6.45, 7) is 1.76. The van der Waals surface area contributed by atoms with Gasteiger partial charge in [-0.2, -0.15) is 0 Å². The predicted molar refractivity (Wildman–Crippen MR) is 78.5 cm³/mol. The van der Waals surface area contributed by atoms with Gasteiger partial charge in [-0.15, -0.1) is 0 Å². The number of halogens is 1. The molecule has 1 fully saturated rings. The molecular formula is C15H21BrO3. The maximum Gasteiger partial charge on any atom is 0.126 e. The molecule has 0 aromatic heterocycles. The largest absolute Gasteiger partial charge is 0.490 e. The van der Waals surface area contributed by atoms with Gasteiger partial charge in [-0.1, -0.05) is 22.0 Å². The summed E-state index contributed by atoms with van der Waals surface area (Å²) in [5.41, 5.74) is 0.836. The van der Waals surface area contributed by atoms with Crippen molar-refractivity contribution in [1.82, 2.24) is 0 Å². The van der Waals surface area contributed by atoms with E-state index in [1.165, 1.54) is 0 Å². The molecule has 19 heavy (non-hydrogen) atoms. The smallest absolute Gasteiger partial charge is 0.126 e. The minimum Gasteiger partial charge on any atom is -0.490 e. The lowest BCUT2D eigenvalue weighted by Crippen LogP contribution is -2.29. The highest BCUT2D eigenvalue weighted by Crippen LogP contribution is 2.32. The van der Waals surface area contributed by atoms with Crippen molar-refractivity contribution in [3.8, 4) is 5.75 Å². The van der Waals surface area contributed by atoms with E-state index in [2.05, 4.69) is 15.9 Å². The summed E-state index contributed by atoms with van der Waals surface area (Å²) in [6.07, 6.45) is 4.14. The predicted octanol–water partition coefficient (Wildman–Crippen LogP) is 3.84. The lowest BCUT2D eigenvalue weighted by Gasteiger charge is -2.29. The number of aliphatic hydroxyl groups excluding tert-OH is 1. The lowest BCUT2D eigenvalue weighted by atomic mass is 9.94. The van der Waals surface area contributed by atoms with Crippen LogP contribution in [0.25, 0.3) is 0 Å². The Morgan fingerprint density at radius 3 is 2.74 bits per heavy atom. The second-order valence-electron chi connectivity index (χ2n) is 5.12. The fraction of sp³-hybridized carbons (Fsp3) is 0.600. The zero-order valence-electron chi connectivity index (χ0n) is 11.4. The quantitative estimate of drug-likeness (QED) is 0.912. The molecule has 1 aromatic carbocycles. The monoisotopic (exact) mass is 328 g/mol. The molecule has 2 rings (SSSR count). The minimum atomic E-state index is -0.523. The first kappa shape index (κ1) is 14.8. The van der Waals surface area contributed by atoms with Crippen LogP contribution in [-0.2, 0) is 4.74 Å². The molecule has 0 aliphatic heterocycles.